The highest BCUT2D eigenvalue weighted by atomic mass is 35.5. The molecule has 0 aliphatic rings. The summed E-state index contributed by atoms with van der Waals surface area (Å²) in [6, 6.07) is 21.3. The van der Waals surface area contributed by atoms with Crippen LogP contribution in [0.5, 0.6) is 0 Å². The molecule has 0 saturated heterocycles. The van der Waals surface area contributed by atoms with E-state index in [-0.39, 0.29) is 12.5 Å². The molecule has 34 heavy (non-hydrogen) atoms. The fourth-order valence-electron chi connectivity index (χ4n) is 3.19. The molecule has 4 rings (SSSR count). The summed E-state index contributed by atoms with van der Waals surface area (Å²) in [6.07, 6.45) is 1.16. The lowest BCUT2D eigenvalue weighted by Crippen LogP contribution is -2.29. The molecular formula is C24H21ClN4O3S2. The molecule has 1 amide bonds. The molecule has 0 saturated carbocycles. The first-order valence-corrected chi connectivity index (χ1v) is 13.3. The number of hydrogen-bond acceptors (Lipinski definition) is 6. The van der Waals surface area contributed by atoms with E-state index < -0.39 is 10.0 Å². The van der Waals surface area contributed by atoms with Gasteiger partial charge in [0.2, 0.25) is 15.2 Å². The van der Waals surface area contributed by atoms with Crippen molar-refractivity contribution >= 4 is 49.7 Å². The molecule has 0 aliphatic carbocycles. The maximum Gasteiger partial charge on any atom is 0.257 e. The van der Waals surface area contributed by atoms with Crippen LogP contribution in [0, 0.1) is 6.92 Å². The molecule has 1 aromatic heterocycles. The van der Waals surface area contributed by atoms with Crippen molar-refractivity contribution in [3.63, 3.8) is 0 Å². The number of anilines is 2. The third kappa shape index (κ3) is 5.80. The first-order chi connectivity index (χ1) is 16.2. The molecule has 1 N–H and O–H groups in total. The van der Waals surface area contributed by atoms with E-state index in [1.54, 1.807) is 36.4 Å². The van der Waals surface area contributed by atoms with Gasteiger partial charge in [0.25, 0.3) is 5.91 Å². The highest BCUT2D eigenvalue weighted by Gasteiger charge is 2.19. The van der Waals surface area contributed by atoms with Crippen LogP contribution in [-0.2, 0) is 16.6 Å². The second-order valence-electron chi connectivity index (χ2n) is 7.68. The minimum absolute atomic E-state index is 0.197. The summed E-state index contributed by atoms with van der Waals surface area (Å²) < 4.78 is 26.2. The minimum atomic E-state index is -3.53. The number of nitrogens with zero attached hydrogens (tertiary/aromatic N) is 3. The molecule has 0 unspecified atom stereocenters. The van der Waals surface area contributed by atoms with E-state index in [0.717, 1.165) is 22.9 Å². The Morgan fingerprint density at radius 2 is 1.62 bits per heavy atom. The number of carbonyl (C=O) groups is 1. The van der Waals surface area contributed by atoms with Gasteiger partial charge in [-0.15, -0.1) is 10.2 Å². The lowest BCUT2D eigenvalue weighted by atomic mass is 10.1. The SMILES string of the molecule is Cc1ccc(CN(c2ccc(C(=O)Nc3nnc(-c4ccc(Cl)cc4)s3)cc2)S(C)(=O)=O)cc1. The van der Waals surface area contributed by atoms with Crippen LogP contribution >= 0.6 is 22.9 Å². The Labute approximate surface area is 207 Å². The molecule has 1 heterocycles. The maximum absolute atomic E-state index is 12.7. The molecule has 7 nitrogen and oxygen atoms in total. The van der Waals surface area contributed by atoms with Gasteiger partial charge in [-0.25, -0.2) is 8.42 Å². The number of sulfonamides is 1. The van der Waals surface area contributed by atoms with Gasteiger partial charge in [-0.3, -0.25) is 14.4 Å². The van der Waals surface area contributed by atoms with Gasteiger partial charge in [-0.2, -0.15) is 0 Å². The van der Waals surface area contributed by atoms with Crippen LogP contribution in [0.15, 0.2) is 72.8 Å². The van der Waals surface area contributed by atoms with Crippen LogP contribution in [-0.4, -0.2) is 30.8 Å². The van der Waals surface area contributed by atoms with Crippen molar-refractivity contribution in [3.05, 3.63) is 94.5 Å². The predicted octanol–water partition coefficient (Wildman–Crippen LogP) is 5.39. The number of carbonyl (C=O) groups excluding carboxylic acids is 1. The Morgan fingerprint density at radius 1 is 0.971 bits per heavy atom. The molecule has 4 aromatic rings. The summed E-state index contributed by atoms with van der Waals surface area (Å²) in [7, 11) is -3.53. The van der Waals surface area contributed by atoms with Crippen molar-refractivity contribution in [2.45, 2.75) is 13.5 Å². The van der Waals surface area contributed by atoms with Gasteiger partial charge in [0.05, 0.1) is 18.5 Å². The van der Waals surface area contributed by atoms with Crippen LogP contribution in [0.3, 0.4) is 0 Å². The summed E-state index contributed by atoms with van der Waals surface area (Å²) in [6.45, 7) is 2.17. The number of halogens is 1. The van der Waals surface area contributed by atoms with E-state index in [2.05, 4.69) is 15.5 Å². The largest absolute Gasteiger partial charge is 0.296 e. The standard InChI is InChI=1S/C24H21ClN4O3S2/c1-16-3-5-17(6-4-16)15-29(34(2,31)32)21-13-9-18(10-14-21)22(30)26-24-28-27-23(33-24)19-7-11-20(25)12-8-19/h3-14H,15H2,1-2H3,(H,26,28,30). The van der Waals surface area contributed by atoms with Crippen molar-refractivity contribution in [2.24, 2.45) is 0 Å². The van der Waals surface area contributed by atoms with E-state index in [4.69, 9.17) is 11.6 Å². The normalized spacial score (nSPS) is 11.3. The monoisotopic (exact) mass is 512 g/mol. The molecule has 10 heteroatoms. The second kappa shape index (κ2) is 9.92. The van der Waals surface area contributed by atoms with E-state index >= 15 is 0 Å². The smallest absolute Gasteiger partial charge is 0.257 e. The quantitative estimate of drug-likeness (QED) is 0.358. The number of aromatic nitrogens is 2. The van der Waals surface area contributed by atoms with Crippen LogP contribution in [0.25, 0.3) is 10.6 Å². The average Bonchev–Trinajstić information content (AvgIpc) is 3.27. The lowest BCUT2D eigenvalue weighted by Gasteiger charge is -2.23. The Bertz CT molecular complexity index is 1400. The highest BCUT2D eigenvalue weighted by Crippen LogP contribution is 2.28. The molecule has 0 atom stereocenters. The van der Waals surface area contributed by atoms with Gasteiger partial charge in [-0.05, 0) is 48.9 Å². The topological polar surface area (TPSA) is 92.3 Å². The van der Waals surface area contributed by atoms with E-state index in [9.17, 15) is 13.2 Å². The number of hydrogen-bond donors (Lipinski definition) is 1. The zero-order chi connectivity index (χ0) is 24.3. The van der Waals surface area contributed by atoms with Gasteiger partial charge in [0, 0.05) is 16.1 Å². The molecular weight excluding hydrogens is 492 g/mol. The molecule has 174 valence electrons. The summed E-state index contributed by atoms with van der Waals surface area (Å²) in [5.41, 5.74) is 3.66. The minimum Gasteiger partial charge on any atom is -0.296 e. The van der Waals surface area contributed by atoms with Crippen LogP contribution in [0.1, 0.15) is 21.5 Å². The summed E-state index contributed by atoms with van der Waals surface area (Å²) in [5.74, 6) is -0.366. The zero-order valence-electron chi connectivity index (χ0n) is 18.4. The fourth-order valence-corrected chi connectivity index (χ4v) is 4.95. The lowest BCUT2D eigenvalue weighted by molar-refractivity contribution is 0.102. The molecule has 0 spiro atoms. The third-order valence-electron chi connectivity index (χ3n) is 5.00. The Kier molecular flexibility index (Phi) is 6.97. The Balaban J connectivity index is 1.48. The maximum atomic E-state index is 12.7. The van der Waals surface area contributed by atoms with Crippen LogP contribution in [0.2, 0.25) is 5.02 Å². The molecule has 0 aliphatic heterocycles. The number of nitrogens with one attached hydrogen (secondary N) is 1. The predicted molar refractivity (Wildman–Crippen MR) is 137 cm³/mol. The number of benzene rings is 3. The Morgan fingerprint density at radius 3 is 2.24 bits per heavy atom. The van der Waals surface area contributed by atoms with Crippen molar-refractivity contribution < 1.29 is 13.2 Å². The van der Waals surface area contributed by atoms with Crippen LogP contribution < -0.4 is 9.62 Å². The van der Waals surface area contributed by atoms with Gasteiger partial charge < -0.3 is 0 Å². The third-order valence-corrected chi connectivity index (χ3v) is 7.28. The van der Waals surface area contributed by atoms with Crippen LogP contribution in [0.4, 0.5) is 10.8 Å². The summed E-state index contributed by atoms with van der Waals surface area (Å²) in [4.78, 5) is 12.7. The van der Waals surface area contributed by atoms with Crippen molar-refractivity contribution in [1.82, 2.24) is 10.2 Å². The van der Waals surface area contributed by atoms with Crippen molar-refractivity contribution in [2.75, 3.05) is 15.9 Å². The van der Waals surface area contributed by atoms with E-state index in [0.29, 0.717) is 26.4 Å². The molecule has 0 fully saturated rings. The summed E-state index contributed by atoms with van der Waals surface area (Å²) >= 11 is 7.16. The average molecular weight is 513 g/mol. The Hall–Kier alpha value is -3.27. The number of amides is 1. The van der Waals surface area contributed by atoms with E-state index in [1.807, 2.05) is 43.3 Å². The molecule has 0 bridgehead atoms. The van der Waals surface area contributed by atoms with Gasteiger partial charge >= 0.3 is 0 Å². The van der Waals surface area contributed by atoms with E-state index in [1.165, 1.54) is 15.6 Å². The van der Waals surface area contributed by atoms with Gasteiger partial charge in [0.15, 0.2) is 0 Å². The summed E-state index contributed by atoms with van der Waals surface area (Å²) in [5, 5.41) is 12.5. The first kappa shape index (κ1) is 23.9. The van der Waals surface area contributed by atoms with Crippen molar-refractivity contribution in [1.29, 1.82) is 0 Å². The fraction of sp³-hybridized carbons (Fsp3) is 0.125. The molecule has 3 aromatic carbocycles. The first-order valence-electron chi connectivity index (χ1n) is 10.2. The van der Waals surface area contributed by atoms with Gasteiger partial charge in [-0.1, -0.05) is 64.9 Å². The highest BCUT2D eigenvalue weighted by molar-refractivity contribution is 7.92. The number of aryl methyl sites for hydroxylation is 1. The number of rotatable bonds is 7. The second-order valence-corrected chi connectivity index (χ2v) is 11.0. The van der Waals surface area contributed by atoms with Gasteiger partial charge in [0.1, 0.15) is 5.01 Å². The molecule has 0 radical (unpaired) electrons. The zero-order valence-corrected chi connectivity index (χ0v) is 20.8. The van der Waals surface area contributed by atoms with Crippen molar-refractivity contribution in [3.8, 4) is 10.6 Å².